The fourth-order valence-corrected chi connectivity index (χ4v) is 5.72. The topological polar surface area (TPSA) is 125 Å². The molecule has 1 unspecified atom stereocenters. The zero-order valence-corrected chi connectivity index (χ0v) is 24.8. The normalized spacial score (nSPS) is 18.1. The van der Waals surface area contributed by atoms with Crippen LogP contribution in [0.2, 0.25) is 0 Å². The first-order chi connectivity index (χ1) is 20.5. The number of ether oxygens (including phenoxy) is 1. The van der Waals surface area contributed by atoms with E-state index in [1.165, 1.54) is 22.4 Å². The number of nitrogens with zero attached hydrogens (tertiary/aromatic N) is 4. The number of carbonyl (C=O) groups is 1. The van der Waals surface area contributed by atoms with E-state index in [-0.39, 0.29) is 11.6 Å². The van der Waals surface area contributed by atoms with Crippen molar-refractivity contribution in [1.82, 2.24) is 9.88 Å². The summed E-state index contributed by atoms with van der Waals surface area (Å²) in [7, 11) is 1.96. The molecule has 2 aromatic carbocycles. The molecule has 1 aromatic heterocycles. The molecule has 2 fully saturated rings. The number of aromatic nitrogens is 1. The Hall–Kier alpha value is -3.85. The molecule has 3 aromatic rings. The number of thiazole rings is 1. The Kier molecular flexibility index (Phi) is 9.11. The number of hydrogen-bond donors (Lipinski definition) is 4. The third-order valence-electron chi connectivity index (χ3n) is 7.45. The van der Waals surface area contributed by atoms with E-state index in [1.54, 1.807) is 30.6 Å². The quantitative estimate of drug-likeness (QED) is 0.216. The fraction of sp³-hybridized carbons (Fsp3) is 0.379. The molecule has 0 spiro atoms. The van der Waals surface area contributed by atoms with E-state index in [9.17, 15) is 18.0 Å². The number of nitrogens with two attached hydrogens (primary N) is 2. The highest BCUT2D eigenvalue weighted by molar-refractivity contribution is 7.16. The Balaban J connectivity index is 1.32. The van der Waals surface area contributed by atoms with Gasteiger partial charge in [-0.25, -0.2) is 10.8 Å². The Morgan fingerprint density at radius 3 is 2.65 bits per heavy atom. The summed E-state index contributed by atoms with van der Waals surface area (Å²) in [4.78, 5) is 22.3. The summed E-state index contributed by atoms with van der Waals surface area (Å²) < 4.78 is 46.7. The number of nitrogens with one attached hydrogen (secondary N) is 2. The highest BCUT2D eigenvalue weighted by Gasteiger charge is 2.33. The lowest BCUT2D eigenvalue weighted by Gasteiger charge is -2.34. The average Bonchev–Trinajstić information content (AvgIpc) is 3.66. The van der Waals surface area contributed by atoms with Crippen LogP contribution in [0.4, 0.5) is 35.4 Å². The van der Waals surface area contributed by atoms with Crippen LogP contribution < -0.4 is 32.1 Å². The number of benzene rings is 2. The summed E-state index contributed by atoms with van der Waals surface area (Å²) in [6, 6.07) is 8.76. The molecule has 43 heavy (non-hydrogen) atoms. The van der Waals surface area contributed by atoms with Gasteiger partial charge in [-0.1, -0.05) is 17.4 Å². The van der Waals surface area contributed by atoms with Crippen molar-refractivity contribution in [3.05, 3.63) is 70.4 Å². The maximum Gasteiger partial charge on any atom is 0.416 e. The van der Waals surface area contributed by atoms with Crippen molar-refractivity contribution >= 4 is 45.1 Å². The molecule has 1 amide bonds. The van der Waals surface area contributed by atoms with E-state index in [4.69, 9.17) is 16.3 Å². The standard InChI is InChI=1S/C29H35F3N8O2S/c1-18-3-4-21(14-25(18)40(34)16-24(33)26-15-35-28(43-26)37-22-5-10-42-17-22)36-27(41)19-11-20(29(30,31)32)13-23(12-19)39-8-6-38(2)7-9-39/h3-4,11-16,22H,5-10,17,33-34H2,1-2H3,(H,35,37)(H,36,41)/b24-16-. The third kappa shape index (κ3) is 7.57. The van der Waals surface area contributed by atoms with E-state index < -0.39 is 17.6 Å². The van der Waals surface area contributed by atoms with E-state index in [2.05, 4.69) is 20.5 Å². The second-order valence-electron chi connectivity index (χ2n) is 10.7. The molecule has 10 nitrogen and oxygen atoms in total. The molecule has 5 rings (SSSR count). The van der Waals surface area contributed by atoms with Gasteiger partial charge in [0.2, 0.25) is 0 Å². The predicted octanol–water partition coefficient (Wildman–Crippen LogP) is 4.31. The minimum atomic E-state index is -4.60. The van der Waals surface area contributed by atoms with Gasteiger partial charge in [-0.05, 0) is 56.3 Å². The van der Waals surface area contributed by atoms with E-state index >= 15 is 0 Å². The molecular weight excluding hydrogens is 581 g/mol. The molecule has 0 radical (unpaired) electrons. The molecule has 0 aliphatic carbocycles. The number of hydrogen-bond acceptors (Lipinski definition) is 10. The highest BCUT2D eigenvalue weighted by atomic mass is 32.1. The lowest BCUT2D eigenvalue weighted by Crippen LogP contribution is -2.44. The van der Waals surface area contributed by atoms with Crippen molar-refractivity contribution < 1.29 is 22.7 Å². The monoisotopic (exact) mass is 616 g/mol. The van der Waals surface area contributed by atoms with Gasteiger partial charge in [0.05, 0.1) is 34.5 Å². The molecule has 2 aliphatic rings. The zero-order valence-electron chi connectivity index (χ0n) is 23.9. The number of hydrazine groups is 1. The lowest BCUT2D eigenvalue weighted by molar-refractivity contribution is -0.137. The summed E-state index contributed by atoms with van der Waals surface area (Å²) in [5.41, 5.74) is 7.84. The van der Waals surface area contributed by atoms with E-state index in [1.807, 2.05) is 18.9 Å². The number of piperazine rings is 1. The second kappa shape index (κ2) is 12.8. The summed E-state index contributed by atoms with van der Waals surface area (Å²) >= 11 is 1.40. The van der Waals surface area contributed by atoms with Crippen molar-refractivity contribution in [1.29, 1.82) is 0 Å². The summed E-state index contributed by atoms with van der Waals surface area (Å²) in [5.74, 6) is 5.69. The molecule has 6 N–H and O–H groups in total. The minimum absolute atomic E-state index is 0.0848. The van der Waals surface area contributed by atoms with Crippen LogP contribution in [-0.2, 0) is 10.9 Å². The van der Waals surface area contributed by atoms with Gasteiger partial charge in [0.15, 0.2) is 5.13 Å². The molecule has 3 heterocycles. The first-order valence-electron chi connectivity index (χ1n) is 13.9. The number of alkyl halides is 3. The van der Waals surface area contributed by atoms with Gasteiger partial charge in [-0.15, -0.1) is 0 Å². The zero-order chi connectivity index (χ0) is 30.7. The molecule has 0 saturated carbocycles. The van der Waals surface area contributed by atoms with Crippen molar-refractivity contribution in [2.24, 2.45) is 11.6 Å². The van der Waals surface area contributed by atoms with Crippen LogP contribution in [0.5, 0.6) is 0 Å². The van der Waals surface area contributed by atoms with Crippen LogP contribution in [0.25, 0.3) is 5.70 Å². The maximum atomic E-state index is 13.8. The van der Waals surface area contributed by atoms with Gasteiger partial charge in [-0.3, -0.25) is 9.80 Å². The van der Waals surface area contributed by atoms with Crippen LogP contribution in [-0.4, -0.2) is 68.3 Å². The third-order valence-corrected chi connectivity index (χ3v) is 8.42. The van der Waals surface area contributed by atoms with Gasteiger partial charge in [0, 0.05) is 62.1 Å². The van der Waals surface area contributed by atoms with Gasteiger partial charge in [0.1, 0.15) is 0 Å². The smallest absolute Gasteiger partial charge is 0.396 e. The Morgan fingerprint density at radius 2 is 1.95 bits per heavy atom. The van der Waals surface area contributed by atoms with Gasteiger partial charge in [-0.2, -0.15) is 13.2 Å². The van der Waals surface area contributed by atoms with E-state index in [0.717, 1.165) is 53.8 Å². The Bertz CT molecular complexity index is 1480. The van der Waals surface area contributed by atoms with Crippen molar-refractivity contribution in [3.8, 4) is 0 Å². The average molecular weight is 617 g/mol. The number of aryl methyl sites for hydroxylation is 1. The number of amides is 1. The number of likely N-dealkylation sites (N-methyl/N-ethyl adjacent to an activating group) is 1. The molecule has 1 atom stereocenters. The van der Waals surface area contributed by atoms with Crippen LogP contribution >= 0.6 is 11.3 Å². The van der Waals surface area contributed by atoms with Crippen molar-refractivity contribution in [2.45, 2.75) is 25.6 Å². The largest absolute Gasteiger partial charge is 0.416 e. The van der Waals surface area contributed by atoms with Gasteiger partial charge < -0.3 is 30.9 Å². The first kappa shape index (κ1) is 30.6. The number of anilines is 4. The van der Waals surface area contributed by atoms with Crippen molar-refractivity contribution in [2.75, 3.05) is 67.0 Å². The summed E-state index contributed by atoms with van der Waals surface area (Å²) in [6.07, 6.45) is -0.467. The number of carbonyl (C=O) groups excluding carboxylic acids is 1. The van der Waals surface area contributed by atoms with Crippen LogP contribution in [0.15, 0.2) is 48.8 Å². The van der Waals surface area contributed by atoms with Crippen LogP contribution in [0.1, 0.15) is 32.8 Å². The summed E-state index contributed by atoms with van der Waals surface area (Å²) in [5, 5.41) is 8.13. The molecule has 230 valence electrons. The SMILES string of the molecule is Cc1ccc(NC(=O)c2cc(N3CCN(C)CC3)cc(C(F)(F)F)c2)cc1N(N)/C=C(\N)c1cnc(NC2CCOC2)s1. The highest BCUT2D eigenvalue weighted by Crippen LogP contribution is 2.34. The molecule has 14 heteroatoms. The molecule has 0 bridgehead atoms. The first-order valence-corrected chi connectivity index (χ1v) is 14.7. The number of halogens is 3. The second-order valence-corrected chi connectivity index (χ2v) is 11.8. The Morgan fingerprint density at radius 1 is 1.19 bits per heavy atom. The van der Waals surface area contributed by atoms with Gasteiger partial charge >= 0.3 is 6.18 Å². The van der Waals surface area contributed by atoms with Crippen LogP contribution in [0, 0.1) is 6.92 Å². The van der Waals surface area contributed by atoms with Gasteiger partial charge in [0.25, 0.3) is 5.91 Å². The number of rotatable bonds is 8. The van der Waals surface area contributed by atoms with E-state index in [0.29, 0.717) is 42.5 Å². The summed E-state index contributed by atoms with van der Waals surface area (Å²) in [6.45, 7) is 5.77. The minimum Gasteiger partial charge on any atom is -0.396 e. The molecule has 2 saturated heterocycles. The Labute approximate surface area is 252 Å². The fourth-order valence-electron chi connectivity index (χ4n) is 4.90. The predicted molar refractivity (Wildman–Crippen MR) is 164 cm³/mol. The molecular formula is C29H35F3N8O2S. The molecule has 2 aliphatic heterocycles. The lowest BCUT2D eigenvalue weighted by atomic mass is 10.1. The van der Waals surface area contributed by atoms with Crippen LogP contribution in [0.3, 0.4) is 0 Å². The maximum absolute atomic E-state index is 13.8. The van der Waals surface area contributed by atoms with Crippen molar-refractivity contribution in [3.63, 3.8) is 0 Å².